The minimum atomic E-state index is -0.300. The molecule has 3 heterocycles. The number of piperazine rings is 1. The predicted octanol–water partition coefficient (Wildman–Crippen LogP) is -0.0700. The number of carbonyl (C=O) groups is 3. The summed E-state index contributed by atoms with van der Waals surface area (Å²) in [6.07, 6.45) is 1.73. The second-order valence-electron chi connectivity index (χ2n) is 7.10. The van der Waals surface area contributed by atoms with Gasteiger partial charge in [-0.25, -0.2) is 4.98 Å². The number of pyridine rings is 1. The van der Waals surface area contributed by atoms with Crippen molar-refractivity contribution in [3.8, 4) is 0 Å². The molecule has 0 saturated carbocycles. The molecule has 0 aromatic carbocycles. The number of imidazole rings is 1. The molecular weight excluding hydrogens is 360 g/mol. The van der Waals surface area contributed by atoms with Crippen LogP contribution < -0.4 is 5.32 Å². The quantitative estimate of drug-likeness (QED) is 0.777. The lowest BCUT2D eigenvalue weighted by Crippen LogP contribution is -2.50. The van der Waals surface area contributed by atoms with E-state index in [1.807, 2.05) is 25.1 Å². The van der Waals surface area contributed by atoms with E-state index in [1.165, 1.54) is 6.92 Å². The van der Waals surface area contributed by atoms with E-state index in [9.17, 15) is 14.4 Å². The molecule has 3 rings (SSSR count). The molecule has 0 spiro atoms. The molecule has 1 fully saturated rings. The molecule has 1 aliphatic heterocycles. The van der Waals surface area contributed by atoms with Crippen LogP contribution in [-0.2, 0) is 4.79 Å². The number of aromatic nitrogens is 2. The van der Waals surface area contributed by atoms with Gasteiger partial charge in [-0.05, 0) is 26.2 Å². The molecule has 0 aliphatic carbocycles. The van der Waals surface area contributed by atoms with E-state index in [2.05, 4.69) is 10.3 Å². The molecule has 3 amide bonds. The molecule has 0 unspecified atom stereocenters. The summed E-state index contributed by atoms with van der Waals surface area (Å²) in [5, 5.41) is 2.85. The van der Waals surface area contributed by atoms with Gasteiger partial charge in [0.15, 0.2) is 5.69 Å². The van der Waals surface area contributed by atoms with Gasteiger partial charge in [0.05, 0.1) is 5.52 Å². The lowest BCUT2D eigenvalue weighted by Gasteiger charge is -2.33. The first kappa shape index (κ1) is 19.8. The van der Waals surface area contributed by atoms with Gasteiger partial charge in [0.25, 0.3) is 11.8 Å². The summed E-state index contributed by atoms with van der Waals surface area (Å²) in [7, 11) is 3.86. The van der Waals surface area contributed by atoms with Crippen molar-refractivity contribution in [2.75, 3.05) is 53.4 Å². The Hall–Kier alpha value is -2.94. The van der Waals surface area contributed by atoms with Gasteiger partial charge in [-0.15, -0.1) is 0 Å². The lowest BCUT2D eigenvalue weighted by molar-refractivity contribution is -0.130. The molecule has 1 saturated heterocycles. The number of hydrogen-bond donors (Lipinski definition) is 1. The normalized spacial score (nSPS) is 14.6. The van der Waals surface area contributed by atoms with E-state index in [0.717, 1.165) is 0 Å². The first-order chi connectivity index (χ1) is 13.4. The maximum Gasteiger partial charge on any atom is 0.290 e. The Labute approximate surface area is 163 Å². The van der Waals surface area contributed by atoms with E-state index < -0.39 is 0 Å². The van der Waals surface area contributed by atoms with E-state index >= 15 is 0 Å². The minimum Gasteiger partial charge on any atom is -0.349 e. The van der Waals surface area contributed by atoms with E-state index in [1.54, 1.807) is 32.5 Å². The molecule has 150 valence electrons. The highest BCUT2D eigenvalue weighted by atomic mass is 16.2. The molecule has 1 aliphatic rings. The minimum absolute atomic E-state index is 0.00930. The monoisotopic (exact) mass is 386 g/mol. The fourth-order valence-electron chi connectivity index (χ4n) is 3.20. The zero-order chi connectivity index (χ0) is 20.3. The number of nitrogens with zero attached hydrogens (tertiary/aromatic N) is 5. The number of rotatable bonds is 5. The van der Waals surface area contributed by atoms with Crippen molar-refractivity contribution < 1.29 is 14.4 Å². The van der Waals surface area contributed by atoms with Gasteiger partial charge in [0.1, 0.15) is 0 Å². The summed E-state index contributed by atoms with van der Waals surface area (Å²) in [4.78, 5) is 46.9. The van der Waals surface area contributed by atoms with Crippen LogP contribution in [0.1, 0.15) is 28.0 Å². The Morgan fingerprint density at radius 3 is 2.43 bits per heavy atom. The molecule has 0 bridgehead atoms. The van der Waals surface area contributed by atoms with E-state index in [0.29, 0.717) is 44.8 Å². The molecule has 0 radical (unpaired) electrons. The van der Waals surface area contributed by atoms with Crippen LogP contribution in [0, 0.1) is 0 Å². The standard InChI is InChI=1S/C19H26N6O3/c1-14(26)23-10-12-24(13-11-23)19(28)17-21-16(15-6-4-5-8-25(15)17)18(27)20-7-9-22(2)3/h4-6,8H,7,9-13H2,1-3H3,(H,20,27). The van der Waals surface area contributed by atoms with Crippen molar-refractivity contribution in [2.24, 2.45) is 0 Å². The average molecular weight is 386 g/mol. The molecule has 9 nitrogen and oxygen atoms in total. The number of carbonyl (C=O) groups excluding carboxylic acids is 3. The van der Waals surface area contributed by atoms with Crippen LogP contribution in [0.2, 0.25) is 0 Å². The highest BCUT2D eigenvalue weighted by Gasteiger charge is 2.28. The Bertz CT molecular complexity index is 883. The summed E-state index contributed by atoms with van der Waals surface area (Å²) in [5.41, 5.74) is 0.834. The third-order valence-corrected chi connectivity index (χ3v) is 4.81. The lowest BCUT2D eigenvalue weighted by atomic mass is 10.3. The predicted molar refractivity (Wildman–Crippen MR) is 104 cm³/mol. The Balaban J connectivity index is 1.81. The fraction of sp³-hybridized carbons (Fsp3) is 0.474. The Morgan fingerprint density at radius 2 is 1.79 bits per heavy atom. The second-order valence-corrected chi connectivity index (χ2v) is 7.10. The summed E-state index contributed by atoms with van der Waals surface area (Å²) < 4.78 is 1.65. The van der Waals surface area contributed by atoms with Crippen LogP contribution in [0.15, 0.2) is 24.4 Å². The molecule has 28 heavy (non-hydrogen) atoms. The number of nitrogens with one attached hydrogen (secondary N) is 1. The number of hydrogen-bond acceptors (Lipinski definition) is 5. The average Bonchev–Trinajstić information content (AvgIpc) is 3.07. The van der Waals surface area contributed by atoms with Crippen molar-refractivity contribution >= 4 is 23.2 Å². The summed E-state index contributed by atoms with van der Waals surface area (Å²) in [5.74, 6) is -0.317. The second kappa shape index (κ2) is 8.39. The van der Waals surface area contributed by atoms with E-state index in [-0.39, 0.29) is 29.2 Å². The van der Waals surface area contributed by atoms with Gasteiger partial charge in [-0.1, -0.05) is 6.07 Å². The number of likely N-dealkylation sites (N-methyl/N-ethyl adjacent to an activating group) is 1. The molecular formula is C19H26N6O3. The van der Waals surface area contributed by atoms with Gasteiger partial charge < -0.3 is 20.0 Å². The van der Waals surface area contributed by atoms with Crippen molar-refractivity contribution in [1.82, 2.24) is 29.4 Å². The first-order valence-electron chi connectivity index (χ1n) is 9.33. The fourth-order valence-corrected chi connectivity index (χ4v) is 3.20. The van der Waals surface area contributed by atoms with Gasteiger partial charge in [0, 0.05) is 52.4 Å². The maximum absolute atomic E-state index is 13.0. The zero-order valence-corrected chi connectivity index (χ0v) is 16.5. The third-order valence-electron chi connectivity index (χ3n) is 4.81. The highest BCUT2D eigenvalue weighted by Crippen LogP contribution is 2.16. The zero-order valence-electron chi connectivity index (χ0n) is 16.5. The van der Waals surface area contributed by atoms with Crippen LogP contribution in [-0.4, -0.2) is 95.2 Å². The largest absolute Gasteiger partial charge is 0.349 e. The van der Waals surface area contributed by atoms with Crippen LogP contribution in [0.25, 0.3) is 5.52 Å². The molecule has 9 heteroatoms. The van der Waals surface area contributed by atoms with Crippen LogP contribution >= 0.6 is 0 Å². The topological polar surface area (TPSA) is 90.3 Å². The number of amides is 3. The highest BCUT2D eigenvalue weighted by molar-refractivity contribution is 6.02. The van der Waals surface area contributed by atoms with Crippen LogP contribution in [0.5, 0.6) is 0 Å². The van der Waals surface area contributed by atoms with Gasteiger partial charge >= 0.3 is 0 Å². The van der Waals surface area contributed by atoms with Crippen LogP contribution in [0.4, 0.5) is 0 Å². The van der Waals surface area contributed by atoms with Gasteiger partial charge in [-0.2, -0.15) is 0 Å². The molecule has 0 atom stereocenters. The van der Waals surface area contributed by atoms with Crippen molar-refractivity contribution in [2.45, 2.75) is 6.92 Å². The summed E-state index contributed by atoms with van der Waals surface area (Å²) >= 11 is 0. The molecule has 2 aromatic heterocycles. The SMILES string of the molecule is CC(=O)N1CCN(C(=O)c2nc(C(=O)NCCN(C)C)c3ccccn23)CC1. The van der Waals surface area contributed by atoms with Crippen molar-refractivity contribution in [3.05, 3.63) is 35.9 Å². The summed E-state index contributed by atoms with van der Waals surface area (Å²) in [6, 6.07) is 5.39. The summed E-state index contributed by atoms with van der Waals surface area (Å²) in [6.45, 7) is 4.64. The smallest absolute Gasteiger partial charge is 0.290 e. The molecule has 2 aromatic rings. The number of fused-ring (bicyclic) bond motifs is 1. The Morgan fingerprint density at radius 1 is 1.11 bits per heavy atom. The van der Waals surface area contributed by atoms with E-state index in [4.69, 9.17) is 0 Å². The van der Waals surface area contributed by atoms with Gasteiger partial charge in [0.2, 0.25) is 11.7 Å². The maximum atomic E-state index is 13.0. The van der Waals surface area contributed by atoms with Crippen LogP contribution in [0.3, 0.4) is 0 Å². The first-order valence-corrected chi connectivity index (χ1v) is 9.33. The Kier molecular flexibility index (Phi) is 5.93. The van der Waals surface area contributed by atoms with Crippen molar-refractivity contribution in [1.29, 1.82) is 0 Å². The van der Waals surface area contributed by atoms with Crippen molar-refractivity contribution in [3.63, 3.8) is 0 Å². The third kappa shape index (κ3) is 4.14. The molecule has 1 N–H and O–H groups in total. The van der Waals surface area contributed by atoms with Gasteiger partial charge in [-0.3, -0.25) is 18.8 Å².